The average molecular weight is 358 g/mol. The van der Waals surface area contributed by atoms with Gasteiger partial charge in [-0.15, -0.1) is 0 Å². The third kappa shape index (κ3) is 4.84. The Bertz CT molecular complexity index is 674. The van der Waals surface area contributed by atoms with Gasteiger partial charge >= 0.3 is 5.97 Å². The Kier molecular flexibility index (Phi) is 6.26. The summed E-state index contributed by atoms with van der Waals surface area (Å²) in [5.74, 6) is -0.843. The van der Waals surface area contributed by atoms with Crippen molar-refractivity contribution >= 4 is 17.8 Å². The van der Waals surface area contributed by atoms with Crippen LogP contribution in [0.1, 0.15) is 55.7 Å². The summed E-state index contributed by atoms with van der Waals surface area (Å²) < 4.78 is 5.08. The van der Waals surface area contributed by atoms with Crippen LogP contribution in [0.4, 0.5) is 0 Å². The van der Waals surface area contributed by atoms with E-state index in [1.54, 1.807) is 0 Å². The second kappa shape index (κ2) is 8.83. The van der Waals surface area contributed by atoms with E-state index < -0.39 is 5.97 Å². The number of carbonyl (C=O) groups excluding carboxylic acids is 3. The molecule has 0 saturated carbocycles. The van der Waals surface area contributed by atoms with Crippen molar-refractivity contribution in [2.75, 3.05) is 19.7 Å². The second-order valence-corrected chi connectivity index (χ2v) is 7.00. The molecule has 2 aliphatic rings. The molecule has 1 atom stereocenters. The van der Waals surface area contributed by atoms with Gasteiger partial charge < -0.3 is 15.0 Å². The molecule has 1 fully saturated rings. The Labute approximate surface area is 153 Å². The maximum atomic E-state index is 12.2. The maximum absolute atomic E-state index is 12.2. The Morgan fingerprint density at radius 3 is 2.85 bits per heavy atom. The zero-order valence-corrected chi connectivity index (χ0v) is 15.0. The van der Waals surface area contributed by atoms with Gasteiger partial charge in [0.25, 0.3) is 5.91 Å². The lowest BCUT2D eigenvalue weighted by molar-refractivity contribution is -0.152. The largest absolute Gasteiger partial charge is 0.454 e. The van der Waals surface area contributed by atoms with Crippen LogP contribution >= 0.6 is 0 Å². The topological polar surface area (TPSA) is 75.7 Å². The Morgan fingerprint density at radius 1 is 1.12 bits per heavy atom. The summed E-state index contributed by atoms with van der Waals surface area (Å²) in [5, 5.41) is 2.96. The number of hydrogen-bond donors (Lipinski definition) is 1. The molecule has 6 heteroatoms. The van der Waals surface area contributed by atoms with E-state index >= 15 is 0 Å². The first-order valence-corrected chi connectivity index (χ1v) is 9.44. The lowest BCUT2D eigenvalue weighted by Gasteiger charge is -2.26. The molecule has 0 aromatic heterocycles. The fourth-order valence-electron chi connectivity index (χ4n) is 3.69. The lowest BCUT2D eigenvalue weighted by atomic mass is 9.88. The van der Waals surface area contributed by atoms with Crippen LogP contribution in [0, 0.1) is 0 Å². The first-order valence-electron chi connectivity index (χ1n) is 9.44. The molecule has 0 unspecified atom stereocenters. The van der Waals surface area contributed by atoms with Gasteiger partial charge in [0.2, 0.25) is 5.91 Å². The summed E-state index contributed by atoms with van der Waals surface area (Å²) in [7, 11) is 0. The molecule has 140 valence electrons. The molecule has 6 nitrogen and oxygen atoms in total. The van der Waals surface area contributed by atoms with E-state index in [0.717, 1.165) is 44.1 Å². The molecule has 1 aromatic carbocycles. The fourth-order valence-corrected chi connectivity index (χ4v) is 3.69. The predicted octanol–water partition coefficient (Wildman–Crippen LogP) is 2.13. The first-order chi connectivity index (χ1) is 12.6. The third-order valence-electron chi connectivity index (χ3n) is 5.06. The van der Waals surface area contributed by atoms with Crippen molar-refractivity contribution in [2.45, 2.75) is 51.0 Å². The molecule has 0 radical (unpaired) electrons. The number of rotatable bonds is 5. The van der Waals surface area contributed by atoms with Crippen LogP contribution in [0.2, 0.25) is 0 Å². The number of aryl methyl sites for hydroxylation is 1. The van der Waals surface area contributed by atoms with E-state index in [-0.39, 0.29) is 31.0 Å². The molecule has 1 N–H and O–H groups in total. The van der Waals surface area contributed by atoms with Gasteiger partial charge in [-0.25, -0.2) is 0 Å². The number of nitrogens with zero attached hydrogens (tertiary/aromatic N) is 1. The molecule has 1 heterocycles. The van der Waals surface area contributed by atoms with E-state index in [0.29, 0.717) is 13.0 Å². The van der Waals surface area contributed by atoms with Crippen molar-refractivity contribution in [1.82, 2.24) is 10.2 Å². The molecule has 0 bridgehead atoms. The van der Waals surface area contributed by atoms with Crippen molar-refractivity contribution < 1.29 is 19.1 Å². The molecular weight excluding hydrogens is 332 g/mol. The third-order valence-corrected chi connectivity index (χ3v) is 5.06. The number of benzene rings is 1. The minimum atomic E-state index is -0.528. The van der Waals surface area contributed by atoms with Gasteiger partial charge in [0.1, 0.15) is 6.54 Å². The van der Waals surface area contributed by atoms with Gasteiger partial charge in [-0.3, -0.25) is 14.4 Å². The highest BCUT2D eigenvalue weighted by atomic mass is 16.5. The average Bonchev–Trinajstić information content (AvgIpc) is 2.85. The Hall–Kier alpha value is -2.37. The summed E-state index contributed by atoms with van der Waals surface area (Å²) in [4.78, 5) is 37.6. The molecule has 1 aromatic rings. The number of likely N-dealkylation sites (tertiary alicyclic amines) is 1. The highest BCUT2D eigenvalue weighted by molar-refractivity contribution is 5.84. The van der Waals surface area contributed by atoms with Crippen LogP contribution in [-0.4, -0.2) is 42.4 Å². The van der Waals surface area contributed by atoms with E-state index in [9.17, 15) is 14.4 Å². The Morgan fingerprint density at radius 2 is 1.96 bits per heavy atom. The number of nitrogens with one attached hydrogen (secondary N) is 1. The number of carbonyl (C=O) groups is 3. The number of hydrogen-bond acceptors (Lipinski definition) is 4. The highest BCUT2D eigenvalue weighted by Crippen LogP contribution is 2.29. The molecule has 2 amide bonds. The van der Waals surface area contributed by atoms with Crippen molar-refractivity contribution in [2.24, 2.45) is 0 Å². The standard InChI is InChI=1S/C20H26N2O4/c23-18(21-17-10-6-8-15-7-3-4-9-16(15)17)14-26-20(25)13-22-12-5-1-2-11-19(22)24/h3-4,7,9,17H,1-2,5-6,8,10-14H2,(H,21,23)/t17-/m1/s1. The molecule has 26 heavy (non-hydrogen) atoms. The minimum Gasteiger partial charge on any atom is -0.454 e. The van der Waals surface area contributed by atoms with E-state index in [4.69, 9.17) is 4.74 Å². The molecule has 1 saturated heterocycles. The Balaban J connectivity index is 1.45. The van der Waals surface area contributed by atoms with Crippen molar-refractivity contribution in [1.29, 1.82) is 0 Å². The summed E-state index contributed by atoms with van der Waals surface area (Å²) in [6.07, 6.45) is 6.20. The van der Waals surface area contributed by atoms with Crippen molar-refractivity contribution in [3.8, 4) is 0 Å². The second-order valence-electron chi connectivity index (χ2n) is 7.00. The highest BCUT2D eigenvalue weighted by Gasteiger charge is 2.23. The first kappa shape index (κ1) is 18.4. The number of fused-ring (bicyclic) bond motifs is 1. The smallest absolute Gasteiger partial charge is 0.326 e. The van der Waals surface area contributed by atoms with Gasteiger partial charge in [-0.1, -0.05) is 30.7 Å². The van der Waals surface area contributed by atoms with Crippen LogP contribution < -0.4 is 5.32 Å². The number of ether oxygens (including phenoxy) is 1. The van der Waals surface area contributed by atoms with Gasteiger partial charge in [0.05, 0.1) is 6.04 Å². The SMILES string of the molecule is O=C(COC(=O)CN1CCCCCC1=O)N[C@@H]1CCCc2ccccc21. The lowest BCUT2D eigenvalue weighted by Crippen LogP contribution is -2.38. The van der Waals surface area contributed by atoms with Gasteiger partial charge in [0, 0.05) is 13.0 Å². The molecular formula is C20H26N2O4. The normalized spacial score (nSPS) is 20.1. The van der Waals surface area contributed by atoms with Crippen LogP contribution in [0.3, 0.4) is 0 Å². The van der Waals surface area contributed by atoms with Gasteiger partial charge in [0.15, 0.2) is 6.61 Å². The van der Waals surface area contributed by atoms with Crippen LogP contribution in [0.5, 0.6) is 0 Å². The van der Waals surface area contributed by atoms with E-state index in [2.05, 4.69) is 11.4 Å². The summed E-state index contributed by atoms with van der Waals surface area (Å²) in [6.45, 7) is 0.205. The van der Waals surface area contributed by atoms with E-state index in [1.807, 2.05) is 18.2 Å². The zero-order valence-electron chi connectivity index (χ0n) is 15.0. The van der Waals surface area contributed by atoms with Crippen molar-refractivity contribution in [3.63, 3.8) is 0 Å². The zero-order chi connectivity index (χ0) is 18.4. The van der Waals surface area contributed by atoms with Crippen LogP contribution in [-0.2, 0) is 25.5 Å². The molecule has 3 rings (SSSR count). The number of esters is 1. The molecule has 1 aliphatic heterocycles. The summed E-state index contributed by atoms with van der Waals surface area (Å²) in [6, 6.07) is 8.08. The van der Waals surface area contributed by atoms with E-state index in [1.165, 1.54) is 10.5 Å². The summed E-state index contributed by atoms with van der Waals surface area (Å²) >= 11 is 0. The molecule has 1 aliphatic carbocycles. The minimum absolute atomic E-state index is 0.0114. The van der Waals surface area contributed by atoms with Gasteiger partial charge in [-0.05, 0) is 43.2 Å². The maximum Gasteiger partial charge on any atom is 0.326 e. The van der Waals surface area contributed by atoms with Crippen LogP contribution in [0.25, 0.3) is 0 Å². The van der Waals surface area contributed by atoms with Gasteiger partial charge in [-0.2, -0.15) is 0 Å². The fraction of sp³-hybridized carbons (Fsp3) is 0.550. The summed E-state index contributed by atoms with van der Waals surface area (Å²) in [5.41, 5.74) is 2.41. The quantitative estimate of drug-likeness (QED) is 0.818. The number of amides is 2. The monoisotopic (exact) mass is 358 g/mol. The molecule has 0 spiro atoms. The predicted molar refractivity (Wildman–Crippen MR) is 96.3 cm³/mol. The van der Waals surface area contributed by atoms with Crippen molar-refractivity contribution in [3.05, 3.63) is 35.4 Å². The van der Waals surface area contributed by atoms with Crippen LogP contribution in [0.15, 0.2) is 24.3 Å².